The minimum absolute atomic E-state index is 0.222. The van der Waals surface area contributed by atoms with Gasteiger partial charge in [-0.1, -0.05) is 0 Å². The van der Waals surface area contributed by atoms with Crippen LogP contribution in [0.3, 0.4) is 0 Å². The molecule has 3 atom stereocenters. The molecule has 3 heterocycles. The number of rotatable bonds is 3. The maximum Gasteiger partial charge on any atom is 0.414 e. The summed E-state index contributed by atoms with van der Waals surface area (Å²) < 4.78 is 19.7. The molecule has 3 fully saturated rings. The predicted molar refractivity (Wildman–Crippen MR) is 84.2 cm³/mol. The van der Waals surface area contributed by atoms with Crippen LogP contribution >= 0.6 is 0 Å². The number of halogens is 1. The lowest BCUT2D eigenvalue weighted by atomic mass is 10.0. The summed E-state index contributed by atoms with van der Waals surface area (Å²) in [6, 6.07) is 5.85. The van der Waals surface area contributed by atoms with Gasteiger partial charge in [0.15, 0.2) is 0 Å². The second-order valence-corrected chi connectivity index (χ2v) is 6.66. The van der Waals surface area contributed by atoms with E-state index >= 15 is 0 Å². The smallest absolute Gasteiger partial charge is 0.414 e. The van der Waals surface area contributed by atoms with Gasteiger partial charge in [-0.2, -0.15) is 0 Å². The molecule has 23 heavy (non-hydrogen) atoms. The van der Waals surface area contributed by atoms with E-state index in [-0.39, 0.29) is 19.0 Å². The van der Waals surface area contributed by atoms with Crippen LogP contribution in [-0.4, -0.2) is 42.5 Å². The highest BCUT2D eigenvalue weighted by atomic mass is 19.1. The van der Waals surface area contributed by atoms with Crippen molar-refractivity contribution >= 4 is 17.5 Å². The van der Waals surface area contributed by atoms with E-state index in [4.69, 9.17) is 9.84 Å². The van der Waals surface area contributed by atoms with Crippen molar-refractivity contribution in [3.05, 3.63) is 24.0 Å². The van der Waals surface area contributed by atoms with Crippen LogP contribution in [0.15, 0.2) is 18.2 Å². The zero-order valence-electron chi connectivity index (χ0n) is 12.9. The quantitative estimate of drug-likeness (QED) is 0.930. The Morgan fingerprint density at radius 2 is 1.96 bits per heavy atom. The van der Waals surface area contributed by atoms with Gasteiger partial charge in [-0.05, 0) is 50.3 Å². The monoisotopic (exact) mass is 320 g/mol. The number of aliphatic hydroxyl groups excluding tert-OH is 1. The molecule has 0 saturated carbocycles. The first-order chi connectivity index (χ1) is 11.2. The summed E-state index contributed by atoms with van der Waals surface area (Å²) in [5.41, 5.74) is 1.13. The molecule has 3 saturated heterocycles. The van der Waals surface area contributed by atoms with Crippen LogP contribution in [0.4, 0.5) is 20.6 Å². The summed E-state index contributed by atoms with van der Waals surface area (Å²) in [5.74, 6) is -0.290. The average molecular weight is 320 g/mol. The van der Waals surface area contributed by atoms with E-state index in [0.717, 1.165) is 25.7 Å². The van der Waals surface area contributed by atoms with Crippen LogP contribution in [0.2, 0.25) is 0 Å². The maximum atomic E-state index is 14.7. The van der Waals surface area contributed by atoms with Crippen LogP contribution < -0.4 is 9.80 Å². The molecule has 4 rings (SSSR count). The number of benzene rings is 1. The molecule has 1 amide bonds. The van der Waals surface area contributed by atoms with Crippen molar-refractivity contribution in [2.24, 2.45) is 0 Å². The molecule has 5 nitrogen and oxygen atoms in total. The van der Waals surface area contributed by atoms with Gasteiger partial charge in [-0.3, -0.25) is 4.90 Å². The molecule has 6 heteroatoms. The van der Waals surface area contributed by atoms with E-state index < -0.39 is 12.2 Å². The number of hydrogen-bond acceptors (Lipinski definition) is 4. The molecule has 0 aromatic heterocycles. The standard InChI is InChI=1S/C17H21FN2O3/c18-15-8-13(19-9-14(10-21)23-17(19)22)6-7-16(15)20-11-2-1-3-12(20)5-4-11/h6-8,11-12,14,21H,1-5,9-10H2/t11?,12?,14-/m1/s1. The van der Waals surface area contributed by atoms with E-state index in [2.05, 4.69) is 4.90 Å². The summed E-state index contributed by atoms with van der Waals surface area (Å²) in [6.07, 6.45) is 4.71. The molecule has 2 unspecified atom stereocenters. The third-order valence-electron chi connectivity index (χ3n) is 5.29. The fraction of sp³-hybridized carbons (Fsp3) is 0.588. The molecule has 0 spiro atoms. The first-order valence-electron chi connectivity index (χ1n) is 8.34. The number of hydrogen-bond donors (Lipinski definition) is 1. The topological polar surface area (TPSA) is 53.0 Å². The molecule has 124 valence electrons. The number of amides is 1. The Kier molecular flexibility index (Phi) is 3.64. The summed E-state index contributed by atoms with van der Waals surface area (Å²) in [6.45, 7) is 0.0308. The van der Waals surface area contributed by atoms with Crippen molar-refractivity contribution in [3.63, 3.8) is 0 Å². The highest BCUT2D eigenvalue weighted by molar-refractivity contribution is 5.90. The van der Waals surface area contributed by atoms with Crippen molar-refractivity contribution in [1.29, 1.82) is 0 Å². The fourth-order valence-corrected chi connectivity index (χ4v) is 4.21. The number of carbonyl (C=O) groups excluding carboxylic acids is 1. The Morgan fingerprint density at radius 1 is 1.22 bits per heavy atom. The van der Waals surface area contributed by atoms with Crippen molar-refractivity contribution in [2.45, 2.75) is 50.3 Å². The van der Waals surface area contributed by atoms with Gasteiger partial charge in [-0.15, -0.1) is 0 Å². The lowest BCUT2D eigenvalue weighted by Gasteiger charge is -2.37. The number of fused-ring (bicyclic) bond motifs is 2. The Balaban J connectivity index is 1.59. The van der Waals surface area contributed by atoms with Crippen LogP contribution in [-0.2, 0) is 4.74 Å². The molecular weight excluding hydrogens is 299 g/mol. The highest BCUT2D eigenvalue weighted by Gasteiger charge is 2.38. The zero-order chi connectivity index (χ0) is 16.0. The van der Waals surface area contributed by atoms with Gasteiger partial charge < -0.3 is 14.7 Å². The van der Waals surface area contributed by atoms with Gasteiger partial charge in [0.2, 0.25) is 0 Å². The molecule has 2 bridgehead atoms. The van der Waals surface area contributed by atoms with E-state index in [1.165, 1.54) is 17.4 Å². The Hall–Kier alpha value is -1.82. The first-order valence-corrected chi connectivity index (χ1v) is 8.34. The second kappa shape index (κ2) is 5.67. The van der Waals surface area contributed by atoms with Gasteiger partial charge in [0, 0.05) is 12.1 Å². The molecule has 3 aliphatic heterocycles. The second-order valence-electron chi connectivity index (χ2n) is 6.66. The van der Waals surface area contributed by atoms with E-state index in [1.807, 2.05) is 0 Å². The van der Waals surface area contributed by atoms with Gasteiger partial charge in [0.1, 0.15) is 11.9 Å². The van der Waals surface area contributed by atoms with Crippen molar-refractivity contribution < 1.29 is 19.0 Å². The molecule has 1 N–H and O–H groups in total. The number of nitrogens with zero attached hydrogens (tertiary/aromatic N) is 2. The lowest BCUT2D eigenvalue weighted by molar-refractivity contribution is 0.0963. The number of piperidine rings is 1. The fourth-order valence-electron chi connectivity index (χ4n) is 4.21. The molecule has 3 aliphatic rings. The lowest BCUT2D eigenvalue weighted by Crippen LogP contribution is -2.40. The van der Waals surface area contributed by atoms with Crippen LogP contribution in [0, 0.1) is 5.82 Å². The third-order valence-corrected chi connectivity index (χ3v) is 5.29. The summed E-state index contributed by atoms with van der Waals surface area (Å²) in [7, 11) is 0. The first kappa shape index (κ1) is 14.8. The normalized spacial score (nSPS) is 30.0. The van der Waals surface area contributed by atoms with Gasteiger partial charge >= 0.3 is 6.09 Å². The Labute approximate surface area is 134 Å². The van der Waals surface area contributed by atoms with Crippen LogP contribution in [0.25, 0.3) is 0 Å². The molecule has 1 aromatic carbocycles. The van der Waals surface area contributed by atoms with E-state index in [0.29, 0.717) is 23.5 Å². The summed E-state index contributed by atoms with van der Waals surface area (Å²) in [4.78, 5) is 15.4. The highest BCUT2D eigenvalue weighted by Crippen LogP contribution is 2.41. The number of aliphatic hydroxyl groups is 1. The SMILES string of the molecule is O=C1O[C@@H](CO)CN1c1ccc(N2C3CCCC2CC3)c(F)c1. The zero-order valence-corrected chi connectivity index (χ0v) is 12.9. The minimum Gasteiger partial charge on any atom is -0.441 e. The third kappa shape index (κ3) is 2.45. The van der Waals surface area contributed by atoms with Crippen molar-refractivity contribution in [3.8, 4) is 0 Å². The Morgan fingerprint density at radius 3 is 2.57 bits per heavy atom. The van der Waals surface area contributed by atoms with Crippen LogP contribution in [0.1, 0.15) is 32.1 Å². The molecular formula is C17H21FN2O3. The number of anilines is 2. The average Bonchev–Trinajstić information content (AvgIpc) is 3.03. The maximum absolute atomic E-state index is 14.7. The van der Waals surface area contributed by atoms with Crippen molar-refractivity contribution in [2.75, 3.05) is 23.0 Å². The largest absolute Gasteiger partial charge is 0.441 e. The van der Waals surface area contributed by atoms with Crippen molar-refractivity contribution in [1.82, 2.24) is 0 Å². The number of cyclic esters (lactones) is 1. The Bertz CT molecular complexity index is 608. The predicted octanol–water partition coefficient (Wildman–Crippen LogP) is 2.66. The van der Waals surface area contributed by atoms with E-state index in [9.17, 15) is 9.18 Å². The molecule has 0 aliphatic carbocycles. The summed E-state index contributed by atoms with van der Waals surface area (Å²) in [5, 5.41) is 9.10. The van der Waals surface area contributed by atoms with E-state index in [1.54, 1.807) is 12.1 Å². The number of carbonyl (C=O) groups is 1. The van der Waals surface area contributed by atoms with Crippen LogP contribution in [0.5, 0.6) is 0 Å². The molecule has 0 radical (unpaired) electrons. The van der Waals surface area contributed by atoms with Gasteiger partial charge in [-0.25, -0.2) is 9.18 Å². The van der Waals surface area contributed by atoms with Gasteiger partial charge in [0.25, 0.3) is 0 Å². The number of ether oxygens (including phenoxy) is 1. The van der Waals surface area contributed by atoms with Gasteiger partial charge in [0.05, 0.1) is 24.5 Å². The molecule has 1 aromatic rings. The summed E-state index contributed by atoms with van der Waals surface area (Å²) >= 11 is 0. The minimum atomic E-state index is -0.539.